The Morgan fingerprint density at radius 3 is 1.70 bits per heavy atom. The van der Waals surface area contributed by atoms with Crippen LogP contribution in [0.3, 0.4) is 0 Å². The highest BCUT2D eigenvalue weighted by atomic mass is 16.5. The Labute approximate surface area is 180 Å². The van der Waals surface area contributed by atoms with Crippen molar-refractivity contribution < 1.29 is 19.0 Å². The van der Waals surface area contributed by atoms with Gasteiger partial charge in [0.2, 0.25) is 0 Å². The van der Waals surface area contributed by atoms with Crippen molar-refractivity contribution in [3.05, 3.63) is 61.2 Å². The lowest BCUT2D eigenvalue weighted by Crippen LogP contribution is -2.01. The van der Waals surface area contributed by atoms with Crippen molar-refractivity contribution in [2.45, 2.75) is 51.4 Å². The summed E-state index contributed by atoms with van der Waals surface area (Å²) in [5, 5.41) is 0. The van der Waals surface area contributed by atoms with Gasteiger partial charge in [0.15, 0.2) is 0 Å². The van der Waals surface area contributed by atoms with Gasteiger partial charge in [-0.15, -0.1) is 0 Å². The molecule has 2 aromatic rings. The van der Waals surface area contributed by atoms with Gasteiger partial charge in [-0.2, -0.15) is 0 Å². The van der Waals surface area contributed by atoms with E-state index in [1.165, 1.54) is 49.3 Å². The van der Waals surface area contributed by atoms with E-state index in [-0.39, 0.29) is 5.97 Å². The van der Waals surface area contributed by atoms with Crippen LogP contribution in [0, 0.1) is 0 Å². The summed E-state index contributed by atoms with van der Waals surface area (Å²) in [4.78, 5) is 10.9. The van der Waals surface area contributed by atoms with Gasteiger partial charge in [0.05, 0.1) is 20.3 Å². The van der Waals surface area contributed by atoms with Gasteiger partial charge >= 0.3 is 5.97 Å². The topological polar surface area (TPSA) is 44.8 Å². The summed E-state index contributed by atoms with van der Waals surface area (Å²) in [7, 11) is 1.68. The van der Waals surface area contributed by atoms with Crippen LogP contribution in [0.1, 0.15) is 51.4 Å². The van der Waals surface area contributed by atoms with E-state index in [0.717, 1.165) is 37.4 Å². The first kappa shape index (κ1) is 23.5. The first-order chi connectivity index (χ1) is 14.7. The van der Waals surface area contributed by atoms with Crippen molar-refractivity contribution in [1.29, 1.82) is 0 Å². The molecule has 4 nitrogen and oxygen atoms in total. The maximum absolute atomic E-state index is 10.9. The largest absolute Gasteiger partial charge is 0.497 e. The molecule has 0 aliphatic rings. The molecule has 0 N–H and O–H groups in total. The third-order valence-electron chi connectivity index (χ3n) is 5.00. The van der Waals surface area contributed by atoms with Gasteiger partial charge in [0.25, 0.3) is 0 Å². The predicted molar refractivity (Wildman–Crippen MR) is 122 cm³/mol. The van der Waals surface area contributed by atoms with E-state index in [9.17, 15) is 4.79 Å². The van der Waals surface area contributed by atoms with Crippen molar-refractivity contribution in [3.8, 4) is 22.6 Å². The summed E-state index contributed by atoms with van der Waals surface area (Å²) in [6.07, 6.45) is 10.5. The highest BCUT2D eigenvalue weighted by Gasteiger charge is 2.00. The Balaban J connectivity index is 1.49. The van der Waals surface area contributed by atoms with Gasteiger partial charge in [0, 0.05) is 6.08 Å². The van der Waals surface area contributed by atoms with Crippen LogP contribution >= 0.6 is 0 Å². The van der Waals surface area contributed by atoms with Crippen molar-refractivity contribution in [3.63, 3.8) is 0 Å². The lowest BCUT2D eigenvalue weighted by molar-refractivity contribution is -0.137. The predicted octanol–water partition coefficient (Wildman–Crippen LogP) is 6.59. The Kier molecular flexibility index (Phi) is 11.2. The minimum atomic E-state index is -0.328. The quantitative estimate of drug-likeness (QED) is 0.189. The number of hydrogen-bond donors (Lipinski definition) is 0. The number of carbonyl (C=O) groups excluding carboxylic acids is 1. The molecule has 30 heavy (non-hydrogen) atoms. The minimum absolute atomic E-state index is 0.328. The fourth-order valence-corrected chi connectivity index (χ4v) is 3.21. The van der Waals surface area contributed by atoms with Crippen LogP contribution in [-0.2, 0) is 9.53 Å². The number of benzene rings is 2. The number of carbonyl (C=O) groups is 1. The molecule has 0 unspecified atom stereocenters. The zero-order valence-electron chi connectivity index (χ0n) is 18.1. The van der Waals surface area contributed by atoms with E-state index in [2.05, 4.69) is 30.8 Å². The van der Waals surface area contributed by atoms with Gasteiger partial charge in [-0.05, 0) is 48.2 Å². The standard InChI is InChI=1S/C26H34O4/c1-3-26(27)30-21-11-9-7-5-4-6-8-10-20-29-25-18-14-23(15-19-25)22-12-16-24(28-2)17-13-22/h3,12-19H,1,4-11,20-21H2,2H3. The fraction of sp³-hybridized carbons (Fsp3) is 0.423. The third-order valence-corrected chi connectivity index (χ3v) is 5.00. The number of hydrogen-bond acceptors (Lipinski definition) is 4. The number of unbranched alkanes of at least 4 members (excludes halogenated alkanes) is 7. The van der Waals surface area contributed by atoms with Gasteiger partial charge in [-0.1, -0.05) is 69.4 Å². The molecular weight excluding hydrogens is 376 g/mol. The number of ether oxygens (including phenoxy) is 3. The molecule has 0 atom stereocenters. The average molecular weight is 411 g/mol. The summed E-state index contributed by atoms with van der Waals surface area (Å²) < 4.78 is 16.0. The molecule has 0 aliphatic heterocycles. The molecular formula is C26H34O4. The molecule has 162 valence electrons. The highest BCUT2D eigenvalue weighted by molar-refractivity contribution is 5.81. The third kappa shape index (κ3) is 9.17. The lowest BCUT2D eigenvalue weighted by Gasteiger charge is -2.08. The number of rotatable bonds is 15. The first-order valence-corrected chi connectivity index (χ1v) is 10.9. The SMILES string of the molecule is C=CC(=O)OCCCCCCCCCCOc1ccc(-c2ccc(OC)cc2)cc1. The summed E-state index contributed by atoms with van der Waals surface area (Å²) in [5.41, 5.74) is 2.34. The Bertz CT molecular complexity index is 735. The highest BCUT2D eigenvalue weighted by Crippen LogP contribution is 2.24. The van der Waals surface area contributed by atoms with Gasteiger partial charge in [-0.3, -0.25) is 0 Å². The van der Waals surface area contributed by atoms with Crippen LogP contribution in [-0.4, -0.2) is 26.3 Å². The molecule has 0 saturated heterocycles. The van der Waals surface area contributed by atoms with Gasteiger partial charge < -0.3 is 14.2 Å². The van der Waals surface area contributed by atoms with Crippen molar-refractivity contribution in [2.24, 2.45) is 0 Å². The van der Waals surface area contributed by atoms with E-state index in [0.29, 0.717) is 6.61 Å². The maximum Gasteiger partial charge on any atom is 0.330 e. The van der Waals surface area contributed by atoms with Crippen molar-refractivity contribution in [2.75, 3.05) is 20.3 Å². The molecule has 0 heterocycles. The summed E-state index contributed by atoms with van der Waals surface area (Å²) in [6, 6.07) is 16.3. The van der Waals surface area contributed by atoms with Crippen molar-refractivity contribution >= 4 is 5.97 Å². The zero-order chi connectivity index (χ0) is 21.4. The molecule has 0 bridgehead atoms. The number of methoxy groups -OCH3 is 1. The Hall–Kier alpha value is -2.75. The van der Waals surface area contributed by atoms with Crippen molar-refractivity contribution in [1.82, 2.24) is 0 Å². The molecule has 0 spiro atoms. The normalized spacial score (nSPS) is 10.4. The summed E-state index contributed by atoms with van der Waals surface area (Å²) in [6.45, 7) is 4.64. The van der Waals surface area contributed by atoms with Crippen LogP contribution in [0.2, 0.25) is 0 Å². The summed E-state index contributed by atoms with van der Waals surface area (Å²) >= 11 is 0. The molecule has 2 aromatic carbocycles. The Morgan fingerprint density at radius 1 is 0.733 bits per heavy atom. The molecule has 0 saturated carbocycles. The second kappa shape index (κ2) is 14.3. The molecule has 4 heteroatoms. The molecule has 0 fully saturated rings. The first-order valence-electron chi connectivity index (χ1n) is 10.9. The smallest absolute Gasteiger partial charge is 0.330 e. The maximum atomic E-state index is 10.9. The van der Waals surface area contributed by atoms with Gasteiger partial charge in [0.1, 0.15) is 11.5 Å². The minimum Gasteiger partial charge on any atom is -0.497 e. The molecule has 2 rings (SSSR count). The zero-order valence-corrected chi connectivity index (χ0v) is 18.1. The molecule has 0 aliphatic carbocycles. The lowest BCUT2D eigenvalue weighted by atomic mass is 10.1. The van der Waals surface area contributed by atoms with E-state index in [1.54, 1.807) is 7.11 Å². The van der Waals surface area contributed by atoms with E-state index < -0.39 is 0 Å². The van der Waals surface area contributed by atoms with Gasteiger partial charge in [-0.25, -0.2) is 4.79 Å². The van der Waals surface area contributed by atoms with Crippen LogP contribution in [0.25, 0.3) is 11.1 Å². The van der Waals surface area contributed by atoms with Crippen LogP contribution in [0.5, 0.6) is 11.5 Å². The monoisotopic (exact) mass is 410 g/mol. The van der Waals surface area contributed by atoms with E-state index in [1.807, 2.05) is 24.3 Å². The summed E-state index contributed by atoms with van der Waals surface area (Å²) in [5.74, 6) is 1.46. The molecule has 0 aromatic heterocycles. The molecule has 0 radical (unpaired) electrons. The second-order valence-electron chi connectivity index (χ2n) is 7.30. The molecule has 0 amide bonds. The van der Waals surface area contributed by atoms with E-state index in [4.69, 9.17) is 14.2 Å². The Morgan fingerprint density at radius 2 is 1.20 bits per heavy atom. The second-order valence-corrected chi connectivity index (χ2v) is 7.30. The van der Waals surface area contributed by atoms with Crippen LogP contribution < -0.4 is 9.47 Å². The fourth-order valence-electron chi connectivity index (χ4n) is 3.21. The van der Waals surface area contributed by atoms with Crippen LogP contribution in [0.4, 0.5) is 0 Å². The average Bonchev–Trinajstić information content (AvgIpc) is 2.80. The van der Waals surface area contributed by atoms with E-state index >= 15 is 0 Å². The van der Waals surface area contributed by atoms with Crippen LogP contribution in [0.15, 0.2) is 61.2 Å². The number of esters is 1.